The Hall–Kier alpha value is -3.67. The van der Waals surface area contributed by atoms with Crippen molar-refractivity contribution in [3.63, 3.8) is 0 Å². The molecule has 1 aliphatic rings. The standard InChI is InChI=1S/C21H25N7O4S/c1-27(12-17(22)29)20(31)18-15(6-9-28(18)19(30)16-11-23-7-8-24-16)26-21(32)25-13-4-3-5-14(10-13)33-2/h3-5,7-8,10-11,15,18H,6,9,12H2,1-2H3,(H2,22,29)(H2,25,26,32)/t15-,18+/m0/s1. The van der Waals surface area contributed by atoms with Gasteiger partial charge in [-0.05, 0) is 30.9 Å². The summed E-state index contributed by atoms with van der Waals surface area (Å²) in [6.45, 7) is -0.105. The Morgan fingerprint density at radius 2 is 2.06 bits per heavy atom. The van der Waals surface area contributed by atoms with Gasteiger partial charge < -0.3 is 26.2 Å². The van der Waals surface area contributed by atoms with Gasteiger partial charge in [-0.1, -0.05) is 6.07 Å². The van der Waals surface area contributed by atoms with Crippen molar-refractivity contribution < 1.29 is 19.2 Å². The summed E-state index contributed by atoms with van der Waals surface area (Å²) in [5, 5.41) is 5.54. The number of carbonyl (C=O) groups is 4. The summed E-state index contributed by atoms with van der Waals surface area (Å²) < 4.78 is 0. The zero-order valence-corrected chi connectivity index (χ0v) is 19.0. The second kappa shape index (κ2) is 10.8. The molecule has 1 saturated heterocycles. The fourth-order valence-corrected chi connectivity index (χ4v) is 4.07. The monoisotopic (exact) mass is 471 g/mol. The number of hydrogen-bond donors (Lipinski definition) is 3. The largest absolute Gasteiger partial charge is 0.368 e. The Morgan fingerprint density at radius 1 is 1.27 bits per heavy atom. The molecule has 33 heavy (non-hydrogen) atoms. The molecule has 1 aliphatic heterocycles. The highest BCUT2D eigenvalue weighted by Crippen LogP contribution is 2.23. The van der Waals surface area contributed by atoms with Gasteiger partial charge >= 0.3 is 6.03 Å². The van der Waals surface area contributed by atoms with Crippen LogP contribution in [0.2, 0.25) is 0 Å². The molecule has 0 bridgehead atoms. The molecule has 0 aliphatic carbocycles. The molecule has 174 valence electrons. The van der Waals surface area contributed by atoms with Crippen LogP contribution in [0.25, 0.3) is 0 Å². The van der Waals surface area contributed by atoms with Gasteiger partial charge in [0.2, 0.25) is 11.8 Å². The van der Waals surface area contributed by atoms with Gasteiger partial charge in [0.25, 0.3) is 5.91 Å². The highest BCUT2D eigenvalue weighted by Gasteiger charge is 2.44. The topological polar surface area (TPSA) is 151 Å². The number of thioether (sulfide) groups is 1. The Morgan fingerprint density at radius 3 is 2.73 bits per heavy atom. The lowest BCUT2D eigenvalue weighted by Crippen LogP contribution is -2.56. The molecule has 0 unspecified atom stereocenters. The maximum atomic E-state index is 13.2. The minimum atomic E-state index is -1.04. The Bertz CT molecular complexity index is 1040. The smallest absolute Gasteiger partial charge is 0.319 e. The van der Waals surface area contributed by atoms with E-state index in [1.54, 1.807) is 17.8 Å². The van der Waals surface area contributed by atoms with Crippen LogP contribution in [0.5, 0.6) is 0 Å². The first-order valence-electron chi connectivity index (χ1n) is 10.1. The molecule has 3 rings (SSSR count). The number of nitrogens with zero attached hydrogens (tertiary/aromatic N) is 4. The summed E-state index contributed by atoms with van der Waals surface area (Å²) in [7, 11) is 1.42. The van der Waals surface area contributed by atoms with Gasteiger partial charge in [-0.25, -0.2) is 9.78 Å². The van der Waals surface area contributed by atoms with E-state index in [2.05, 4.69) is 20.6 Å². The molecular weight excluding hydrogens is 446 g/mol. The van der Waals surface area contributed by atoms with Crippen molar-refractivity contribution in [3.05, 3.63) is 48.5 Å². The highest BCUT2D eigenvalue weighted by molar-refractivity contribution is 7.98. The lowest BCUT2D eigenvalue weighted by molar-refractivity contribution is -0.137. The van der Waals surface area contributed by atoms with Crippen molar-refractivity contribution in [1.82, 2.24) is 25.1 Å². The van der Waals surface area contributed by atoms with Crippen LogP contribution in [0.15, 0.2) is 47.8 Å². The van der Waals surface area contributed by atoms with E-state index in [1.165, 1.54) is 30.5 Å². The van der Waals surface area contributed by atoms with Crippen LogP contribution in [0.1, 0.15) is 16.9 Å². The highest BCUT2D eigenvalue weighted by atomic mass is 32.2. The van der Waals surface area contributed by atoms with Crippen LogP contribution in [-0.4, -0.2) is 82.0 Å². The second-order valence-corrected chi connectivity index (χ2v) is 8.30. The number of amides is 5. The molecule has 0 spiro atoms. The minimum absolute atomic E-state index is 0.0758. The molecule has 12 heteroatoms. The summed E-state index contributed by atoms with van der Waals surface area (Å²) in [4.78, 5) is 61.6. The first-order chi connectivity index (χ1) is 15.8. The number of primary amides is 1. The van der Waals surface area contributed by atoms with E-state index < -0.39 is 35.8 Å². The number of likely N-dealkylation sites (N-methyl/N-ethyl adjacent to an activating group) is 1. The third-order valence-corrected chi connectivity index (χ3v) is 5.83. The molecule has 0 radical (unpaired) electrons. The SMILES string of the molecule is CSc1cccc(NC(=O)N[C@H]2CCN(C(=O)c3cnccn3)[C@H]2C(=O)N(C)CC(N)=O)c1. The van der Waals surface area contributed by atoms with Crippen molar-refractivity contribution in [2.75, 3.05) is 31.7 Å². The van der Waals surface area contributed by atoms with Crippen molar-refractivity contribution in [2.45, 2.75) is 23.4 Å². The Labute approximate surface area is 195 Å². The van der Waals surface area contributed by atoms with E-state index in [4.69, 9.17) is 5.73 Å². The molecular formula is C21H25N7O4S. The van der Waals surface area contributed by atoms with E-state index in [-0.39, 0.29) is 18.8 Å². The number of urea groups is 1. The number of likely N-dealkylation sites (tertiary alicyclic amines) is 1. The Kier molecular flexibility index (Phi) is 7.83. The lowest BCUT2D eigenvalue weighted by Gasteiger charge is -2.30. The molecule has 2 atom stereocenters. The second-order valence-electron chi connectivity index (χ2n) is 7.42. The number of nitrogens with one attached hydrogen (secondary N) is 2. The summed E-state index contributed by atoms with van der Waals surface area (Å²) in [6.07, 6.45) is 6.39. The predicted molar refractivity (Wildman–Crippen MR) is 122 cm³/mol. The number of hydrogen-bond acceptors (Lipinski definition) is 7. The molecule has 1 fully saturated rings. The van der Waals surface area contributed by atoms with Crippen LogP contribution in [-0.2, 0) is 9.59 Å². The first kappa shape index (κ1) is 24.0. The van der Waals surface area contributed by atoms with Gasteiger partial charge in [0.15, 0.2) is 0 Å². The molecule has 2 aromatic rings. The van der Waals surface area contributed by atoms with E-state index in [0.717, 1.165) is 9.80 Å². The van der Waals surface area contributed by atoms with Crippen molar-refractivity contribution in [2.24, 2.45) is 5.73 Å². The van der Waals surface area contributed by atoms with Crippen molar-refractivity contribution >= 4 is 41.2 Å². The average Bonchev–Trinajstić information content (AvgIpc) is 3.21. The van der Waals surface area contributed by atoms with E-state index >= 15 is 0 Å². The van der Waals surface area contributed by atoms with Gasteiger partial charge in [0.05, 0.1) is 18.8 Å². The summed E-state index contributed by atoms with van der Waals surface area (Å²) in [6, 6.07) is 5.09. The predicted octanol–water partition coefficient (Wildman–Crippen LogP) is 0.547. The number of aromatic nitrogens is 2. The van der Waals surface area contributed by atoms with Crippen LogP contribution >= 0.6 is 11.8 Å². The normalized spacial score (nSPS) is 17.3. The number of rotatable bonds is 7. The third-order valence-electron chi connectivity index (χ3n) is 5.11. The molecule has 2 heterocycles. The lowest BCUT2D eigenvalue weighted by atomic mass is 10.1. The van der Waals surface area contributed by atoms with E-state index in [1.807, 2.05) is 24.5 Å². The summed E-state index contributed by atoms with van der Waals surface area (Å²) >= 11 is 1.54. The quantitative estimate of drug-likeness (QED) is 0.499. The van der Waals surface area contributed by atoms with Crippen LogP contribution in [0.3, 0.4) is 0 Å². The van der Waals surface area contributed by atoms with E-state index in [0.29, 0.717) is 12.1 Å². The van der Waals surface area contributed by atoms with Gasteiger partial charge in [-0.3, -0.25) is 19.4 Å². The van der Waals surface area contributed by atoms with Gasteiger partial charge in [0, 0.05) is 36.6 Å². The minimum Gasteiger partial charge on any atom is -0.368 e. The van der Waals surface area contributed by atoms with Crippen LogP contribution in [0.4, 0.5) is 10.5 Å². The average molecular weight is 472 g/mol. The Balaban J connectivity index is 1.79. The van der Waals surface area contributed by atoms with Crippen molar-refractivity contribution in [3.8, 4) is 0 Å². The number of benzene rings is 1. The first-order valence-corrected chi connectivity index (χ1v) is 11.3. The van der Waals surface area contributed by atoms with Gasteiger partial charge in [-0.2, -0.15) is 0 Å². The zero-order chi connectivity index (χ0) is 24.0. The van der Waals surface area contributed by atoms with Crippen LogP contribution in [0, 0.1) is 0 Å². The fourth-order valence-electron chi connectivity index (χ4n) is 3.61. The van der Waals surface area contributed by atoms with Crippen molar-refractivity contribution in [1.29, 1.82) is 0 Å². The summed E-state index contributed by atoms with van der Waals surface area (Å²) in [5.74, 6) is -1.70. The molecule has 1 aromatic heterocycles. The maximum absolute atomic E-state index is 13.2. The van der Waals surface area contributed by atoms with Gasteiger partial charge in [-0.15, -0.1) is 11.8 Å². The third kappa shape index (κ3) is 5.98. The summed E-state index contributed by atoms with van der Waals surface area (Å²) in [5.41, 5.74) is 5.90. The number of anilines is 1. The molecule has 1 aromatic carbocycles. The van der Waals surface area contributed by atoms with Crippen LogP contribution < -0.4 is 16.4 Å². The molecule has 4 N–H and O–H groups in total. The molecule has 11 nitrogen and oxygen atoms in total. The van der Waals surface area contributed by atoms with Gasteiger partial charge in [0.1, 0.15) is 11.7 Å². The van der Waals surface area contributed by atoms with E-state index in [9.17, 15) is 19.2 Å². The number of nitrogens with two attached hydrogens (primary N) is 1. The zero-order valence-electron chi connectivity index (χ0n) is 18.2. The molecule has 5 amide bonds. The number of carbonyl (C=O) groups excluding carboxylic acids is 4. The molecule has 0 saturated carbocycles. The fraction of sp³-hybridized carbons (Fsp3) is 0.333. The maximum Gasteiger partial charge on any atom is 0.319 e.